The van der Waals surface area contributed by atoms with E-state index in [1.807, 2.05) is 24.3 Å². The van der Waals surface area contributed by atoms with Crippen LogP contribution in [0.1, 0.15) is 25.7 Å². The molecule has 0 unspecified atom stereocenters. The maximum atomic E-state index is 8.14. The summed E-state index contributed by atoms with van der Waals surface area (Å²) in [6, 6.07) is 7.88. The van der Waals surface area contributed by atoms with Crippen molar-refractivity contribution in [3.63, 3.8) is 0 Å². The quantitative estimate of drug-likeness (QED) is 0.184. The van der Waals surface area contributed by atoms with Gasteiger partial charge in [-0.1, -0.05) is 0 Å². The van der Waals surface area contributed by atoms with Crippen molar-refractivity contribution in [1.29, 1.82) is 21.0 Å². The molecule has 0 fully saturated rings. The Morgan fingerprint density at radius 1 is 0.543 bits per heavy atom. The Labute approximate surface area is 289 Å². The molecule has 0 aliphatic rings. The van der Waals surface area contributed by atoms with E-state index in [2.05, 4.69) is 0 Å². The molecule has 2 N–H and O–H groups in total. The molecule has 0 bridgehead atoms. The van der Waals surface area contributed by atoms with Gasteiger partial charge in [-0.25, -0.2) is 0 Å². The van der Waals surface area contributed by atoms with Crippen molar-refractivity contribution in [2.45, 2.75) is 25.7 Å². The molecule has 0 aromatic heterocycles. The van der Waals surface area contributed by atoms with Crippen LogP contribution in [0.4, 0.5) is 0 Å². The average Bonchev–Trinajstić information content (AvgIpc) is 2.79. The zero-order chi connectivity index (χ0) is 27.3. The van der Waals surface area contributed by atoms with Crippen LogP contribution in [-0.2, 0) is 47.3 Å². The van der Waals surface area contributed by atoms with Crippen LogP contribution in [-0.4, -0.2) is 121 Å². The van der Waals surface area contributed by atoms with Crippen LogP contribution in [0, 0.1) is 45.3 Å². The molecule has 0 aromatic rings. The van der Waals surface area contributed by atoms with Gasteiger partial charge in [0.25, 0.3) is 0 Å². The molecule has 0 aliphatic heterocycles. The Balaban J connectivity index is -0.0000000857. The molecule has 0 saturated carbocycles. The predicted octanol–water partition coefficient (Wildman–Crippen LogP) is 4.24. The van der Waals surface area contributed by atoms with Crippen molar-refractivity contribution in [2.24, 2.45) is 0 Å². The van der Waals surface area contributed by atoms with Crippen molar-refractivity contribution in [3.8, 4) is 24.3 Å². The summed E-state index contributed by atoms with van der Waals surface area (Å²) in [5.74, 6) is 0. The predicted molar refractivity (Wildman–Crippen MR) is 134 cm³/mol. The third kappa shape index (κ3) is 102. The van der Waals surface area contributed by atoms with Gasteiger partial charge < -0.3 is 24.4 Å². The molecule has 35 heavy (non-hydrogen) atoms. The monoisotopic (exact) mass is 1030 g/mol. The maximum absolute atomic E-state index is 8.14. The van der Waals surface area contributed by atoms with E-state index in [1.165, 1.54) is 63.2 Å². The Morgan fingerprint density at radius 3 is 0.800 bits per heavy atom. The SMILES string of the molecule is N#CCCOCCOCCC#N.N#CCCOCCOCCC#N.O.[Cl][Pt]([Cl])([Cl])[Cl].[Cl][Pt][Cl].[K][K]. The van der Waals surface area contributed by atoms with Gasteiger partial charge in [0, 0.05) is 0 Å². The molecule has 9 nitrogen and oxygen atoms in total. The number of ether oxygens (including phenoxy) is 4. The second-order valence-corrected chi connectivity index (χ2v) is 27.4. The second-order valence-electron chi connectivity index (χ2n) is 4.40. The van der Waals surface area contributed by atoms with E-state index >= 15 is 0 Å². The molecule has 0 aliphatic carbocycles. The van der Waals surface area contributed by atoms with Gasteiger partial charge in [0.1, 0.15) is 0 Å². The minimum atomic E-state index is -3.06. The van der Waals surface area contributed by atoms with Gasteiger partial charge in [-0.05, 0) is 0 Å². The second kappa shape index (κ2) is 54.3. The van der Waals surface area contributed by atoms with E-state index in [9.17, 15) is 0 Å². The van der Waals surface area contributed by atoms with Crippen molar-refractivity contribution in [3.05, 3.63) is 0 Å². The van der Waals surface area contributed by atoms with E-state index < -0.39 is 28.4 Å². The van der Waals surface area contributed by atoms with Gasteiger partial charge in [0.05, 0.1) is 103 Å². The number of halogens is 6. The van der Waals surface area contributed by atoms with Crippen molar-refractivity contribution >= 4 is 120 Å². The molecule has 204 valence electrons. The van der Waals surface area contributed by atoms with E-state index in [1.54, 1.807) is 0 Å². The van der Waals surface area contributed by atoms with E-state index in [4.69, 9.17) is 96.5 Å². The molecule has 0 heterocycles. The standard InChI is InChI=1S/2C8H12N2O2.6ClH.2K.H2O.2Pt/c2*9-3-1-5-11-7-8-12-6-2-4-10;;;;;;;;;;;/h2*1-2,5-8H2;6*1H;;;1H2;;/q;;;;;;;;;;;+2;+4/p-6. The Kier molecular flexibility index (Phi) is 80.4. The zero-order valence-electron chi connectivity index (χ0n) is 19.3. The van der Waals surface area contributed by atoms with Crippen LogP contribution in [0.3, 0.4) is 0 Å². The first-order valence-corrected chi connectivity index (χ1v) is 42.2. The van der Waals surface area contributed by atoms with Crippen molar-refractivity contribution < 1.29 is 52.8 Å². The molecule has 0 spiro atoms. The Bertz CT molecular complexity index is 465. The van der Waals surface area contributed by atoms with Gasteiger partial charge in [-0.15, -0.1) is 0 Å². The van der Waals surface area contributed by atoms with Gasteiger partial charge >= 0.3 is 148 Å². The topological polar surface area (TPSA) is 164 Å². The zero-order valence-corrected chi connectivity index (χ0v) is 34.6. The van der Waals surface area contributed by atoms with Crippen molar-refractivity contribution in [1.82, 2.24) is 0 Å². The summed E-state index contributed by atoms with van der Waals surface area (Å²) >= 11 is -1.03. The molecule has 0 atom stereocenters. The molecule has 0 radical (unpaired) electrons. The number of nitrogens with zero attached hydrogens (tertiary/aromatic N) is 4. The molecule has 0 saturated heterocycles. The van der Waals surface area contributed by atoms with E-state index in [0.717, 1.165) is 0 Å². The van der Waals surface area contributed by atoms with E-state index in [-0.39, 0.29) is 5.48 Å². The van der Waals surface area contributed by atoms with Crippen molar-refractivity contribution in [2.75, 3.05) is 52.9 Å². The summed E-state index contributed by atoms with van der Waals surface area (Å²) in [7, 11) is 29.8. The van der Waals surface area contributed by atoms with Crippen LogP contribution >= 0.6 is 56.5 Å². The fourth-order valence-corrected chi connectivity index (χ4v) is 1.12. The molecule has 19 heteroatoms. The fourth-order valence-electron chi connectivity index (χ4n) is 1.12. The normalized spacial score (nSPS) is 9.09. The summed E-state index contributed by atoms with van der Waals surface area (Å²) < 4.78 is 20.1. The molecular formula is C16H26Cl6K2N4O5Pt2. The van der Waals surface area contributed by atoms with Crippen LogP contribution in [0.25, 0.3) is 0 Å². The molecule has 0 aromatic carbocycles. The Hall–Kier alpha value is 4.15. The summed E-state index contributed by atoms with van der Waals surface area (Å²) in [6.07, 6.45) is 1.66. The molecular weight excluding hydrogens is 1010 g/mol. The Morgan fingerprint density at radius 2 is 0.686 bits per heavy atom. The van der Waals surface area contributed by atoms with Crippen LogP contribution < -0.4 is 0 Å². The summed E-state index contributed by atoms with van der Waals surface area (Å²) in [6.45, 7) is 3.80. The number of rotatable bonds is 14. The summed E-state index contributed by atoms with van der Waals surface area (Å²) in [5, 5.41) is 32.6. The van der Waals surface area contributed by atoms with Crippen LogP contribution in [0.2, 0.25) is 0 Å². The van der Waals surface area contributed by atoms with Gasteiger partial charge in [-0.3, -0.25) is 0 Å². The molecule has 0 rings (SSSR count). The summed E-state index contributed by atoms with van der Waals surface area (Å²) in [4.78, 5) is 0. The minimum absolute atomic E-state index is 0. The van der Waals surface area contributed by atoms with E-state index in [0.29, 0.717) is 78.5 Å². The fraction of sp³-hybridized carbons (Fsp3) is 0.750. The van der Waals surface area contributed by atoms with Crippen LogP contribution in [0.5, 0.6) is 0 Å². The number of hydrogen-bond donors (Lipinski definition) is 0. The first kappa shape index (κ1) is 51.9. The molecule has 0 amide bonds. The van der Waals surface area contributed by atoms with Gasteiger partial charge in [0.2, 0.25) is 0 Å². The van der Waals surface area contributed by atoms with Gasteiger partial charge in [-0.2, -0.15) is 21.0 Å². The van der Waals surface area contributed by atoms with Crippen LogP contribution in [0.15, 0.2) is 0 Å². The summed E-state index contributed by atoms with van der Waals surface area (Å²) in [5.41, 5.74) is 0. The third-order valence-electron chi connectivity index (χ3n) is 2.18. The van der Waals surface area contributed by atoms with Gasteiger partial charge in [0.15, 0.2) is 0 Å². The first-order valence-electron chi connectivity index (χ1n) is 9.34. The number of hydrogen-bond acceptors (Lipinski definition) is 8. The number of nitriles is 4. The average molecular weight is 1040 g/mol. The third-order valence-corrected chi connectivity index (χ3v) is 2.18. The first-order chi connectivity index (χ1) is 16.2.